The monoisotopic (exact) mass is 426 g/mol. The first kappa shape index (κ1) is 28.8. The van der Waals surface area contributed by atoms with Crippen LogP contribution in [0.1, 0.15) is 103 Å². The number of unbranched alkanes of at least 4 members (excludes halogenated alkanes) is 11. The molecule has 1 unspecified atom stereocenters. The first-order valence-corrected chi connectivity index (χ1v) is 12.0. The van der Waals surface area contributed by atoms with Crippen molar-refractivity contribution in [3.63, 3.8) is 0 Å². The van der Waals surface area contributed by atoms with Crippen molar-refractivity contribution >= 4 is 11.8 Å². The van der Waals surface area contributed by atoms with Crippen LogP contribution in [0.3, 0.4) is 0 Å². The summed E-state index contributed by atoms with van der Waals surface area (Å²) in [5, 5.41) is 19.7. The highest BCUT2D eigenvalue weighted by molar-refractivity contribution is 5.90. The second-order valence-corrected chi connectivity index (χ2v) is 9.81. The maximum Gasteiger partial charge on any atom is 0.306 e. The molecule has 0 aliphatic heterocycles. The number of Topliss-reactive ketones (excluding diaryl/α,β-unsaturated/α-hetero) is 1. The molecule has 0 radical (unpaired) electrons. The number of carbonyl (C=O) groups excluding carboxylic acids is 1. The zero-order chi connectivity index (χ0) is 22.9. The van der Waals surface area contributed by atoms with E-state index in [0.29, 0.717) is 10.9 Å². The molecule has 0 spiro atoms. The maximum absolute atomic E-state index is 12.5. The SMILES string of the molecule is CCCCCCCCCCCC=CCCCCC(=O)C(O)(CC(=O)O)C[N+](C)(C)C. The Balaban J connectivity index is 3.87. The fraction of sp³-hybridized carbons (Fsp3) is 0.840. The number of hydrogen-bond acceptors (Lipinski definition) is 3. The molecule has 0 saturated heterocycles. The van der Waals surface area contributed by atoms with Crippen LogP contribution in [0.2, 0.25) is 0 Å². The molecule has 176 valence electrons. The number of aliphatic hydroxyl groups is 1. The third kappa shape index (κ3) is 16.6. The second-order valence-electron chi connectivity index (χ2n) is 9.81. The molecule has 5 nitrogen and oxygen atoms in total. The number of hydrogen-bond donors (Lipinski definition) is 2. The van der Waals surface area contributed by atoms with Crippen LogP contribution in [0.5, 0.6) is 0 Å². The highest BCUT2D eigenvalue weighted by Crippen LogP contribution is 2.20. The molecule has 30 heavy (non-hydrogen) atoms. The molecule has 0 aromatic heterocycles. The van der Waals surface area contributed by atoms with Crippen LogP contribution in [0.15, 0.2) is 12.2 Å². The smallest absolute Gasteiger partial charge is 0.306 e. The Bertz CT molecular complexity index is 496. The molecule has 0 aliphatic rings. The van der Waals surface area contributed by atoms with Gasteiger partial charge in [-0.2, -0.15) is 0 Å². The Morgan fingerprint density at radius 3 is 1.73 bits per heavy atom. The molecule has 0 aliphatic carbocycles. The second kappa shape index (κ2) is 16.5. The fourth-order valence-corrected chi connectivity index (χ4v) is 3.87. The Kier molecular flexibility index (Phi) is 15.8. The van der Waals surface area contributed by atoms with Crippen LogP contribution in [-0.4, -0.2) is 59.7 Å². The lowest BCUT2D eigenvalue weighted by Crippen LogP contribution is -2.54. The summed E-state index contributed by atoms with van der Waals surface area (Å²) in [6.07, 6.45) is 19.8. The molecule has 1 atom stereocenters. The molecule has 0 heterocycles. The van der Waals surface area contributed by atoms with Crippen molar-refractivity contribution in [2.24, 2.45) is 0 Å². The summed E-state index contributed by atoms with van der Waals surface area (Å²) in [6.45, 7) is 2.36. The summed E-state index contributed by atoms with van der Waals surface area (Å²) in [6, 6.07) is 0. The molecule has 0 rings (SSSR count). The third-order valence-electron chi connectivity index (χ3n) is 5.36. The number of nitrogens with zero attached hydrogens (tertiary/aromatic N) is 1. The summed E-state index contributed by atoms with van der Waals surface area (Å²) < 4.78 is 0.344. The third-order valence-corrected chi connectivity index (χ3v) is 5.36. The van der Waals surface area contributed by atoms with Gasteiger partial charge in [-0.15, -0.1) is 0 Å². The molecule has 0 aromatic carbocycles. The predicted molar refractivity (Wildman–Crippen MR) is 125 cm³/mol. The Labute approximate surface area is 185 Å². The van der Waals surface area contributed by atoms with Gasteiger partial charge < -0.3 is 14.7 Å². The number of rotatable bonds is 20. The maximum atomic E-state index is 12.5. The number of allylic oxidation sites excluding steroid dienone is 2. The number of carboxylic acid groups (broad SMARTS) is 1. The van der Waals surface area contributed by atoms with Gasteiger partial charge in [0.05, 0.1) is 27.6 Å². The Morgan fingerprint density at radius 1 is 0.800 bits per heavy atom. The van der Waals surface area contributed by atoms with Crippen LogP contribution in [-0.2, 0) is 9.59 Å². The Hall–Kier alpha value is -1.20. The molecule has 5 heteroatoms. The summed E-state index contributed by atoms with van der Waals surface area (Å²) in [4.78, 5) is 23.6. The van der Waals surface area contributed by atoms with E-state index in [1.165, 1.54) is 57.8 Å². The van der Waals surface area contributed by atoms with E-state index in [-0.39, 0.29) is 18.7 Å². The highest BCUT2D eigenvalue weighted by atomic mass is 16.4. The molecular formula is C25H48NO4+. The zero-order valence-corrected chi connectivity index (χ0v) is 20.1. The zero-order valence-electron chi connectivity index (χ0n) is 20.1. The molecule has 0 aromatic rings. The minimum absolute atomic E-state index is 0.108. The van der Waals surface area contributed by atoms with Crippen LogP contribution in [0.4, 0.5) is 0 Å². The molecule has 0 bridgehead atoms. The number of carbonyl (C=O) groups is 2. The number of ketones is 1. The largest absolute Gasteiger partial charge is 0.481 e. The normalized spacial score (nSPS) is 14.2. The number of aliphatic carboxylic acids is 1. The predicted octanol–water partition coefficient (Wildman–Crippen LogP) is 5.51. The average Bonchev–Trinajstić information content (AvgIpc) is 2.62. The van der Waals surface area contributed by atoms with Gasteiger partial charge in [0.2, 0.25) is 0 Å². The van der Waals surface area contributed by atoms with Crippen LogP contribution in [0, 0.1) is 0 Å². The minimum atomic E-state index is -1.78. The van der Waals surface area contributed by atoms with Crippen molar-refractivity contribution in [3.05, 3.63) is 12.2 Å². The van der Waals surface area contributed by atoms with Crippen molar-refractivity contribution in [3.8, 4) is 0 Å². The van der Waals surface area contributed by atoms with E-state index in [1.54, 1.807) is 0 Å². The molecule has 0 fully saturated rings. The fourth-order valence-electron chi connectivity index (χ4n) is 3.87. The van der Waals surface area contributed by atoms with E-state index < -0.39 is 18.0 Å². The van der Waals surface area contributed by atoms with Crippen LogP contribution < -0.4 is 0 Å². The Morgan fingerprint density at radius 2 is 1.27 bits per heavy atom. The van der Waals surface area contributed by atoms with Gasteiger partial charge in [-0.1, -0.05) is 70.4 Å². The summed E-state index contributed by atoms with van der Waals surface area (Å²) in [5.74, 6) is -1.49. The first-order valence-electron chi connectivity index (χ1n) is 12.0. The lowest BCUT2D eigenvalue weighted by Gasteiger charge is -2.33. The number of quaternary nitrogens is 1. The van der Waals surface area contributed by atoms with Crippen molar-refractivity contribution in [1.29, 1.82) is 0 Å². The van der Waals surface area contributed by atoms with Crippen molar-refractivity contribution < 1.29 is 24.3 Å². The van der Waals surface area contributed by atoms with E-state index in [1.807, 2.05) is 21.1 Å². The molecular weight excluding hydrogens is 378 g/mol. The first-order chi connectivity index (χ1) is 14.1. The van der Waals surface area contributed by atoms with Gasteiger partial charge in [-0.25, -0.2) is 0 Å². The van der Waals surface area contributed by atoms with Gasteiger partial charge in [0.25, 0.3) is 0 Å². The number of likely N-dealkylation sites (N-methyl/N-ethyl adjacent to an activating group) is 1. The van der Waals surface area contributed by atoms with Gasteiger partial charge >= 0.3 is 5.97 Å². The minimum Gasteiger partial charge on any atom is -0.481 e. The van der Waals surface area contributed by atoms with Gasteiger partial charge in [0, 0.05) is 6.42 Å². The quantitative estimate of drug-likeness (QED) is 0.153. The van der Waals surface area contributed by atoms with Gasteiger partial charge in [-0.05, 0) is 32.1 Å². The summed E-state index contributed by atoms with van der Waals surface area (Å²) in [7, 11) is 5.54. The van der Waals surface area contributed by atoms with E-state index >= 15 is 0 Å². The van der Waals surface area contributed by atoms with Gasteiger partial charge in [0.1, 0.15) is 6.54 Å². The van der Waals surface area contributed by atoms with Crippen molar-refractivity contribution in [1.82, 2.24) is 0 Å². The molecule has 0 amide bonds. The van der Waals surface area contributed by atoms with Crippen LogP contribution >= 0.6 is 0 Å². The molecule has 0 saturated carbocycles. The van der Waals surface area contributed by atoms with Crippen molar-refractivity contribution in [2.45, 2.75) is 109 Å². The van der Waals surface area contributed by atoms with E-state index in [0.717, 1.165) is 19.3 Å². The van der Waals surface area contributed by atoms with Gasteiger partial charge in [-0.3, -0.25) is 9.59 Å². The van der Waals surface area contributed by atoms with E-state index in [9.17, 15) is 14.7 Å². The summed E-state index contributed by atoms with van der Waals surface area (Å²) in [5.41, 5.74) is -1.78. The average molecular weight is 427 g/mol. The van der Waals surface area contributed by atoms with Gasteiger partial charge in [0.15, 0.2) is 11.4 Å². The lowest BCUT2D eigenvalue weighted by molar-refractivity contribution is -0.875. The molecule has 2 N–H and O–H groups in total. The van der Waals surface area contributed by atoms with E-state index in [4.69, 9.17) is 5.11 Å². The topological polar surface area (TPSA) is 74.6 Å². The lowest BCUT2D eigenvalue weighted by atomic mass is 9.89. The number of carboxylic acids is 1. The highest BCUT2D eigenvalue weighted by Gasteiger charge is 2.42. The van der Waals surface area contributed by atoms with Crippen LogP contribution in [0.25, 0.3) is 0 Å². The standard InChI is InChI=1S/C25H47NO4/c1-5-6-7-8-9-10-11-12-13-14-15-16-17-18-19-20-23(27)25(30,21-24(28)29)22-26(2,3)4/h15-16,30H,5-14,17-22H2,1-4H3/p+1. The summed E-state index contributed by atoms with van der Waals surface area (Å²) >= 11 is 0. The van der Waals surface area contributed by atoms with Crippen molar-refractivity contribution in [2.75, 3.05) is 27.7 Å². The van der Waals surface area contributed by atoms with E-state index in [2.05, 4.69) is 19.1 Å².